The Morgan fingerprint density at radius 2 is 2.25 bits per heavy atom. The highest BCUT2D eigenvalue weighted by molar-refractivity contribution is 5.96. The molecule has 0 saturated carbocycles. The Bertz CT molecular complexity index is 201. The summed E-state index contributed by atoms with van der Waals surface area (Å²) in [6, 6.07) is 0. The summed E-state index contributed by atoms with van der Waals surface area (Å²) >= 11 is 0. The third-order valence-electron chi connectivity index (χ3n) is 2.17. The van der Waals surface area contributed by atoms with Crippen molar-refractivity contribution in [2.24, 2.45) is 5.41 Å². The van der Waals surface area contributed by atoms with Crippen molar-refractivity contribution in [3.8, 4) is 0 Å². The van der Waals surface area contributed by atoms with E-state index in [1.165, 1.54) is 11.1 Å². The summed E-state index contributed by atoms with van der Waals surface area (Å²) in [4.78, 5) is 10.3. The fourth-order valence-corrected chi connectivity index (χ4v) is 1.15. The van der Waals surface area contributed by atoms with Crippen LogP contribution in [0, 0.1) is 5.41 Å². The molecule has 0 heterocycles. The average molecular weight is 110 g/mol. The lowest BCUT2D eigenvalue weighted by Gasteiger charge is -2.11. The van der Waals surface area contributed by atoms with Crippen molar-refractivity contribution in [1.82, 2.24) is 0 Å². The van der Waals surface area contributed by atoms with Crippen LogP contribution in [0.3, 0.4) is 0 Å². The van der Waals surface area contributed by atoms with E-state index in [0.29, 0.717) is 0 Å². The molecule has 42 valence electrons. The summed E-state index contributed by atoms with van der Waals surface area (Å²) in [6.45, 7) is 1.77. The molecule has 0 aromatic carbocycles. The minimum absolute atomic E-state index is 0.444. The number of aliphatic carboxylic acids is 1. The summed E-state index contributed by atoms with van der Waals surface area (Å²) in [5.41, 5.74) is 1.90. The molecular weight excluding hydrogens is 104 g/mol. The van der Waals surface area contributed by atoms with E-state index in [-0.39, 0.29) is 0 Å². The van der Waals surface area contributed by atoms with E-state index in [1.807, 2.05) is 0 Å². The molecule has 2 aliphatic rings. The number of carboxylic acid groups (broad SMARTS) is 1. The van der Waals surface area contributed by atoms with Gasteiger partial charge in [-0.1, -0.05) is 0 Å². The predicted molar refractivity (Wildman–Crippen MR) is 27.4 cm³/mol. The minimum atomic E-state index is -0.672. The standard InChI is InChI=1S/C6H6O2/c1-6(5(7)8)3-2-4(3)6/h2H2,1H3,(H,7,8). The Balaban J connectivity index is 2.20. The number of carboxylic acids is 1. The van der Waals surface area contributed by atoms with Gasteiger partial charge < -0.3 is 5.11 Å². The van der Waals surface area contributed by atoms with Crippen LogP contribution in [-0.4, -0.2) is 11.1 Å². The van der Waals surface area contributed by atoms with Gasteiger partial charge in [0.15, 0.2) is 0 Å². The topological polar surface area (TPSA) is 37.3 Å². The van der Waals surface area contributed by atoms with Crippen LogP contribution in [0.5, 0.6) is 0 Å². The van der Waals surface area contributed by atoms with Crippen LogP contribution < -0.4 is 0 Å². The number of hydrogen-bond acceptors (Lipinski definition) is 1. The number of rotatable bonds is 1. The molecule has 2 aliphatic carbocycles. The van der Waals surface area contributed by atoms with Crippen molar-refractivity contribution in [3.05, 3.63) is 11.1 Å². The molecule has 0 atom stereocenters. The van der Waals surface area contributed by atoms with Gasteiger partial charge in [-0.15, -0.1) is 0 Å². The molecule has 0 spiro atoms. The lowest BCUT2D eigenvalue weighted by Crippen LogP contribution is -2.20. The monoisotopic (exact) mass is 110 g/mol. The third-order valence-corrected chi connectivity index (χ3v) is 2.17. The molecule has 0 aromatic heterocycles. The summed E-state index contributed by atoms with van der Waals surface area (Å²) in [5.74, 6) is -0.672. The van der Waals surface area contributed by atoms with Crippen molar-refractivity contribution in [2.75, 3.05) is 0 Å². The maximum absolute atomic E-state index is 10.3. The summed E-state index contributed by atoms with van der Waals surface area (Å²) < 4.78 is 0. The van der Waals surface area contributed by atoms with Crippen molar-refractivity contribution in [2.45, 2.75) is 13.3 Å². The number of carbonyl (C=O) groups is 1. The molecule has 0 fully saturated rings. The van der Waals surface area contributed by atoms with Crippen LogP contribution in [0.25, 0.3) is 0 Å². The molecule has 0 saturated heterocycles. The Hall–Kier alpha value is -0.790. The summed E-state index contributed by atoms with van der Waals surface area (Å²) in [5, 5.41) is 8.47. The van der Waals surface area contributed by atoms with Crippen LogP contribution in [0.15, 0.2) is 11.1 Å². The molecule has 1 N–H and O–H groups in total. The van der Waals surface area contributed by atoms with E-state index in [1.54, 1.807) is 6.92 Å². The van der Waals surface area contributed by atoms with Crippen molar-refractivity contribution >= 4 is 5.97 Å². The van der Waals surface area contributed by atoms with Crippen LogP contribution in [0.4, 0.5) is 0 Å². The largest absolute Gasteiger partial charge is 0.480 e. The van der Waals surface area contributed by atoms with Gasteiger partial charge in [-0.3, -0.25) is 4.79 Å². The van der Waals surface area contributed by atoms with E-state index in [4.69, 9.17) is 5.11 Å². The van der Waals surface area contributed by atoms with E-state index >= 15 is 0 Å². The first-order valence-electron chi connectivity index (χ1n) is 2.63. The van der Waals surface area contributed by atoms with Gasteiger partial charge in [0.2, 0.25) is 0 Å². The molecule has 0 amide bonds. The maximum Gasteiger partial charge on any atom is 0.317 e. The molecule has 0 aromatic rings. The van der Waals surface area contributed by atoms with Crippen molar-refractivity contribution < 1.29 is 9.90 Å². The van der Waals surface area contributed by atoms with Crippen LogP contribution in [-0.2, 0) is 4.79 Å². The van der Waals surface area contributed by atoms with E-state index < -0.39 is 11.4 Å². The molecule has 2 rings (SSSR count). The minimum Gasteiger partial charge on any atom is -0.480 e. The molecule has 0 bridgehead atoms. The summed E-state index contributed by atoms with van der Waals surface area (Å²) in [6.07, 6.45) is 1.00. The van der Waals surface area contributed by atoms with E-state index in [9.17, 15) is 4.79 Å². The Morgan fingerprint density at radius 1 is 1.75 bits per heavy atom. The Kier molecular flexibility index (Phi) is 0.376. The first-order chi connectivity index (χ1) is 3.67. The molecule has 8 heavy (non-hydrogen) atoms. The van der Waals surface area contributed by atoms with Gasteiger partial charge in [0.25, 0.3) is 0 Å². The first kappa shape index (κ1) is 4.13. The molecule has 0 unspecified atom stereocenters. The number of hydrogen-bond donors (Lipinski definition) is 1. The lowest BCUT2D eigenvalue weighted by molar-refractivity contribution is -0.142. The molecule has 0 aliphatic heterocycles. The Labute approximate surface area is 46.8 Å². The molecule has 0 radical (unpaired) electrons. The van der Waals surface area contributed by atoms with Gasteiger partial charge in [-0.25, -0.2) is 0 Å². The van der Waals surface area contributed by atoms with Gasteiger partial charge >= 0.3 is 5.97 Å². The zero-order valence-corrected chi connectivity index (χ0v) is 4.56. The first-order valence-corrected chi connectivity index (χ1v) is 2.63. The maximum atomic E-state index is 10.3. The van der Waals surface area contributed by atoms with Crippen molar-refractivity contribution in [3.63, 3.8) is 0 Å². The molecular formula is C6H6O2. The quantitative estimate of drug-likeness (QED) is 0.507. The normalized spacial score (nSPS) is 27.1. The highest BCUT2D eigenvalue weighted by atomic mass is 16.4. The van der Waals surface area contributed by atoms with Gasteiger partial charge in [0.1, 0.15) is 5.41 Å². The lowest BCUT2D eigenvalue weighted by atomic mass is 9.91. The van der Waals surface area contributed by atoms with Crippen LogP contribution >= 0.6 is 0 Å². The van der Waals surface area contributed by atoms with Crippen molar-refractivity contribution in [1.29, 1.82) is 0 Å². The SMILES string of the molecule is CC1(C(=O)O)C2=C1C2. The second-order valence-electron chi connectivity index (χ2n) is 2.56. The fraction of sp³-hybridized carbons (Fsp3) is 0.500. The predicted octanol–water partition coefficient (Wildman–Crippen LogP) is 0.791. The molecule has 2 nitrogen and oxygen atoms in total. The summed E-state index contributed by atoms with van der Waals surface area (Å²) in [7, 11) is 0. The molecule has 2 heteroatoms. The Morgan fingerprint density at radius 3 is 2.25 bits per heavy atom. The highest BCUT2D eigenvalue weighted by Crippen LogP contribution is 2.70. The van der Waals surface area contributed by atoms with Crippen LogP contribution in [0.2, 0.25) is 0 Å². The van der Waals surface area contributed by atoms with Crippen LogP contribution in [0.1, 0.15) is 13.3 Å². The highest BCUT2D eigenvalue weighted by Gasteiger charge is 2.65. The second-order valence-corrected chi connectivity index (χ2v) is 2.56. The second kappa shape index (κ2) is 0.729. The van der Waals surface area contributed by atoms with Gasteiger partial charge in [-0.2, -0.15) is 0 Å². The zero-order valence-electron chi connectivity index (χ0n) is 4.56. The van der Waals surface area contributed by atoms with Gasteiger partial charge in [-0.05, 0) is 24.5 Å². The zero-order chi connectivity index (χ0) is 5.94. The smallest absolute Gasteiger partial charge is 0.317 e. The van der Waals surface area contributed by atoms with E-state index in [0.717, 1.165) is 6.42 Å². The van der Waals surface area contributed by atoms with Gasteiger partial charge in [0, 0.05) is 0 Å². The fourth-order valence-electron chi connectivity index (χ4n) is 1.15. The van der Waals surface area contributed by atoms with Gasteiger partial charge in [0.05, 0.1) is 0 Å². The van der Waals surface area contributed by atoms with E-state index in [2.05, 4.69) is 0 Å². The third kappa shape index (κ3) is 0.205. The average Bonchev–Trinajstić information content (AvgIpc) is 2.46.